The van der Waals surface area contributed by atoms with Gasteiger partial charge in [-0.3, -0.25) is 4.79 Å². The van der Waals surface area contributed by atoms with Gasteiger partial charge in [0.05, 0.1) is 13.2 Å². The minimum Gasteiger partial charge on any atom is -0.496 e. The Morgan fingerprint density at radius 2 is 1.78 bits per heavy atom. The molecule has 3 nitrogen and oxygen atoms in total. The van der Waals surface area contributed by atoms with Crippen LogP contribution in [0.15, 0.2) is 42.5 Å². The monoisotopic (exact) mass is 367 g/mol. The van der Waals surface area contributed by atoms with Crippen molar-refractivity contribution in [3.63, 3.8) is 0 Å². The van der Waals surface area contributed by atoms with Crippen molar-refractivity contribution in [2.45, 2.75) is 65.3 Å². The van der Waals surface area contributed by atoms with Crippen molar-refractivity contribution in [2.75, 3.05) is 7.11 Å². The lowest BCUT2D eigenvalue weighted by Gasteiger charge is -2.20. The van der Waals surface area contributed by atoms with Gasteiger partial charge in [0, 0.05) is 6.42 Å². The smallest absolute Gasteiger partial charge is 0.220 e. The molecule has 3 heteroatoms. The van der Waals surface area contributed by atoms with Gasteiger partial charge in [0.15, 0.2) is 0 Å². The molecule has 0 spiro atoms. The molecule has 1 atom stereocenters. The number of hydrogen-bond acceptors (Lipinski definition) is 2. The van der Waals surface area contributed by atoms with Crippen LogP contribution in [0.2, 0.25) is 0 Å². The second kappa shape index (κ2) is 9.07. The molecule has 0 fully saturated rings. The Morgan fingerprint density at radius 1 is 1.11 bits per heavy atom. The first-order valence-corrected chi connectivity index (χ1v) is 9.78. The number of carbonyl (C=O) groups is 1. The predicted octanol–water partition coefficient (Wildman–Crippen LogP) is 5.50. The van der Waals surface area contributed by atoms with Gasteiger partial charge < -0.3 is 10.1 Å². The van der Waals surface area contributed by atoms with Crippen LogP contribution in [0, 0.1) is 6.92 Å². The van der Waals surface area contributed by atoms with E-state index in [0.717, 1.165) is 29.7 Å². The molecule has 1 N–H and O–H groups in total. The SMILES string of the molecule is CC[C@H](NC(=O)CCc1ccc(C(C)(C)C)cc1)c1ccc(OC)c(C)c1. The highest BCUT2D eigenvalue weighted by atomic mass is 16.5. The lowest BCUT2D eigenvalue weighted by Crippen LogP contribution is -2.28. The van der Waals surface area contributed by atoms with Crippen LogP contribution in [0.4, 0.5) is 0 Å². The van der Waals surface area contributed by atoms with Crippen molar-refractivity contribution >= 4 is 5.91 Å². The normalized spacial score (nSPS) is 12.5. The Labute approximate surface area is 164 Å². The third-order valence-electron chi connectivity index (χ3n) is 5.03. The van der Waals surface area contributed by atoms with Crippen molar-refractivity contribution in [3.05, 3.63) is 64.7 Å². The molecule has 0 aliphatic carbocycles. The van der Waals surface area contributed by atoms with Gasteiger partial charge in [-0.2, -0.15) is 0 Å². The molecule has 2 aromatic carbocycles. The zero-order chi connectivity index (χ0) is 20.0. The molecule has 0 aliphatic heterocycles. The number of methoxy groups -OCH3 is 1. The van der Waals surface area contributed by atoms with Gasteiger partial charge in [0.2, 0.25) is 5.91 Å². The summed E-state index contributed by atoms with van der Waals surface area (Å²) >= 11 is 0. The van der Waals surface area contributed by atoms with E-state index in [2.05, 4.69) is 63.3 Å². The number of hydrogen-bond donors (Lipinski definition) is 1. The quantitative estimate of drug-likeness (QED) is 0.701. The minimum atomic E-state index is 0.0328. The molecule has 0 saturated heterocycles. The van der Waals surface area contributed by atoms with Crippen molar-refractivity contribution < 1.29 is 9.53 Å². The van der Waals surface area contributed by atoms with Crippen LogP contribution < -0.4 is 10.1 Å². The highest BCUT2D eigenvalue weighted by molar-refractivity contribution is 5.76. The molecule has 2 aromatic rings. The molecule has 0 heterocycles. The third kappa shape index (κ3) is 5.85. The highest BCUT2D eigenvalue weighted by Gasteiger charge is 2.15. The summed E-state index contributed by atoms with van der Waals surface area (Å²) in [6.45, 7) is 10.7. The summed E-state index contributed by atoms with van der Waals surface area (Å²) in [7, 11) is 1.68. The molecule has 0 radical (unpaired) electrons. The Bertz CT molecular complexity index is 757. The van der Waals surface area contributed by atoms with Crippen LogP contribution in [0.25, 0.3) is 0 Å². The first-order chi connectivity index (χ1) is 12.7. The van der Waals surface area contributed by atoms with Gasteiger partial charge in [-0.25, -0.2) is 0 Å². The summed E-state index contributed by atoms with van der Waals surface area (Å²) in [6.07, 6.45) is 2.12. The van der Waals surface area contributed by atoms with Gasteiger partial charge in [0.1, 0.15) is 5.75 Å². The number of ether oxygens (including phenoxy) is 1. The second-order valence-electron chi connectivity index (χ2n) is 8.20. The average Bonchev–Trinajstić information content (AvgIpc) is 2.64. The predicted molar refractivity (Wildman–Crippen MR) is 112 cm³/mol. The highest BCUT2D eigenvalue weighted by Crippen LogP contribution is 2.25. The Hall–Kier alpha value is -2.29. The van der Waals surface area contributed by atoms with Gasteiger partial charge in [-0.15, -0.1) is 0 Å². The number of benzene rings is 2. The summed E-state index contributed by atoms with van der Waals surface area (Å²) in [6, 6.07) is 14.7. The van der Waals surface area contributed by atoms with E-state index in [0.29, 0.717) is 6.42 Å². The van der Waals surface area contributed by atoms with E-state index in [9.17, 15) is 4.79 Å². The zero-order valence-corrected chi connectivity index (χ0v) is 17.6. The maximum absolute atomic E-state index is 12.5. The van der Waals surface area contributed by atoms with E-state index in [4.69, 9.17) is 4.74 Å². The fourth-order valence-corrected chi connectivity index (χ4v) is 3.24. The average molecular weight is 368 g/mol. The summed E-state index contributed by atoms with van der Waals surface area (Å²) in [5, 5.41) is 3.17. The summed E-state index contributed by atoms with van der Waals surface area (Å²) in [5.74, 6) is 0.967. The van der Waals surface area contributed by atoms with E-state index in [-0.39, 0.29) is 17.4 Å². The van der Waals surface area contributed by atoms with Crippen molar-refractivity contribution in [1.82, 2.24) is 5.32 Å². The summed E-state index contributed by atoms with van der Waals surface area (Å²) in [5.41, 5.74) is 4.88. The van der Waals surface area contributed by atoms with Gasteiger partial charge in [-0.05, 0) is 53.5 Å². The number of nitrogens with one attached hydrogen (secondary N) is 1. The number of aryl methyl sites for hydroxylation is 2. The topological polar surface area (TPSA) is 38.3 Å². The molecule has 0 aliphatic rings. The fraction of sp³-hybridized carbons (Fsp3) is 0.458. The molecule has 2 rings (SSSR count). The maximum atomic E-state index is 12.5. The Balaban J connectivity index is 1.94. The van der Waals surface area contributed by atoms with Crippen LogP contribution in [0.1, 0.15) is 68.8 Å². The molecule has 0 unspecified atom stereocenters. The molecule has 0 saturated carbocycles. The summed E-state index contributed by atoms with van der Waals surface area (Å²) in [4.78, 5) is 12.5. The third-order valence-corrected chi connectivity index (χ3v) is 5.03. The Morgan fingerprint density at radius 3 is 2.30 bits per heavy atom. The standard InChI is InChI=1S/C24H33NO2/c1-7-21(19-11-14-22(27-6)17(2)16-19)25-23(26)15-10-18-8-12-20(13-9-18)24(3,4)5/h8-9,11-14,16,21H,7,10,15H2,1-6H3,(H,25,26)/t21-/m0/s1. The molecule has 27 heavy (non-hydrogen) atoms. The lowest BCUT2D eigenvalue weighted by molar-refractivity contribution is -0.121. The second-order valence-corrected chi connectivity index (χ2v) is 8.20. The molecule has 0 aromatic heterocycles. The molecule has 1 amide bonds. The first kappa shape index (κ1) is 21.0. The Kier molecular flexibility index (Phi) is 7.06. The number of carbonyl (C=O) groups excluding carboxylic acids is 1. The van der Waals surface area contributed by atoms with Gasteiger partial charge in [0.25, 0.3) is 0 Å². The number of rotatable bonds is 7. The zero-order valence-electron chi connectivity index (χ0n) is 17.6. The van der Waals surface area contributed by atoms with Gasteiger partial charge >= 0.3 is 0 Å². The number of amides is 1. The fourth-order valence-electron chi connectivity index (χ4n) is 3.24. The van der Waals surface area contributed by atoms with E-state index < -0.39 is 0 Å². The van der Waals surface area contributed by atoms with Crippen LogP contribution in [0.3, 0.4) is 0 Å². The van der Waals surface area contributed by atoms with E-state index >= 15 is 0 Å². The van der Waals surface area contributed by atoms with Crippen LogP contribution in [-0.4, -0.2) is 13.0 Å². The van der Waals surface area contributed by atoms with Crippen molar-refractivity contribution in [3.8, 4) is 5.75 Å². The lowest BCUT2D eigenvalue weighted by atomic mass is 9.86. The first-order valence-electron chi connectivity index (χ1n) is 9.78. The van der Waals surface area contributed by atoms with Crippen LogP contribution in [0.5, 0.6) is 5.75 Å². The molecular formula is C24H33NO2. The minimum absolute atomic E-state index is 0.0328. The van der Waals surface area contributed by atoms with Crippen LogP contribution in [-0.2, 0) is 16.6 Å². The van der Waals surface area contributed by atoms with Crippen molar-refractivity contribution in [1.29, 1.82) is 0 Å². The molecule has 146 valence electrons. The van der Waals surface area contributed by atoms with E-state index in [1.165, 1.54) is 11.1 Å². The molecule has 0 bridgehead atoms. The summed E-state index contributed by atoms with van der Waals surface area (Å²) < 4.78 is 5.32. The van der Waals surface area contributed by atoms with Crippen LogP contribution >= 0.6 is 0 Å². The van der Waals surface area contributed by atoms with E-state index in [1.54, 1.807) is 7.11 Å². The largest absolute Gasteiger partial charge is 0.496 e. The van der Waals surface area contributed by atoms with E-state index in [1.807, 2.05) is 19.1 Å². The van der Waals surface area contributed by atoms with Gasteiger partial charge in [-0.1, -0.05) is 64.1 Å². The maximum Gasteiger partial charge on any atom is 0.220 e. The van der Waals surface area contributed by atoms with Crippen molar-refractivity contribution in [2.24, 2.45) is 0 Å². The molecular weight excluding hydrogens is 334 g/mol.